The molecule has 0 unspecified atom stereocenters. The van der Waals surface area contributed by atoms with Crippen LogP contribution in [0.15, 0.2) is 47.5 Å². The Morgan fingerprint density at radius 1 is 0.857 bits per heavy atom. The van der Waals surface area contributed by atoms with Crippen LogP contribution in [0.4, 0.5) is 5.69 Å². The minimum Gasteiger partial charge on any atom is -0.346 e. The molecule has 2 aromatic heterocycles. The maximum atomic E-state index is 11.8. The smallest absolute Gasteiger partial charge is 0.253 e. The average molecular weight is 449 g/mol. The molecule has 0 saturated heterocycles. The summed E-state index contributed by atoms with van der Waals surface area (Å²) in [6, 6.07) is 6.47. The van der Waals surface area contributed by atoms with Crippen LogP contribution < -0.4 is 21.3 Å². The van der Waals surface area contributed by atoms with Gasteiger partial charge in [-0.25, -0.2) is 4.98 Å². The van der Waals surface area contributed by atoms with Gasteiger partial charge in [-0.1, -0.05) is 0 Å². The largest absolute Gasteiger partial charge is 0.346 e. The number of aromatic nitrogens is 2. The molecule has 0 spiro atoms. The Hall–Kier alpha value is -3.34. The lowest BCUT2D eigenvalue weighted by Crippen LogP contribution is -2.43. The fourth-order valence-electron chi connectivity index (χ4n) is 1.90. The predicted octanol–water partition coefficient (Wildman–Crippen LogP) is -0.160. The summed E-state index contributed by atoms with van der Waals surface area (Å²) in [7, 11) is 0. The molecule has 0 saturated carbocycles. The van der Waals surface area contributed by atoms with E-state index in [1.54, 1.807) is 24.3 Å². The van der Waals surface area contributed by atoms with Gasteiger partial charge in [0, 0.05) is 12.4 Å². The second kappa shape index (κ2) is 10.7. The van der Waals surface area contributed by atoms with Crippen molar-refractivity contribution in [3.8, 4) is 0 Å². The van der Waals surface area contributed by atoms with Crippen LogP contribution in [0.2, 0.25) is 0 Å². The summed E-state index contributed by atoms with van der Waals surface area (Å²) in [5.74, 6) is -1.98. The number of pyridine rings is 2. The van der Waals surface area contributed by atoms with Crippen molar-refractivity contribution in [2.75, 3.05) is 25.0 Å². The van der Waals surface area contributed by atoms with Crippen LogP contribution >= 0.6 is 15.9 Å². The van der Waals surface area contributed by atoms with Crippen molar-refractivity contribution in [3.63, 3.8) is 0 Å². The minimum absolute atomic E-state index is 0.261. The standard InChI is InChI=1S/C17H17BrN6O4/c18-13-4-3-12(7-20-13)24-16(27)10-22-14(25)8-21-15(26)9-23-17(28)11-2-1-5-19-6-11/h1-7H,8-10H2,(H,21,26)(H,22,25)(H,23,28)(H,24,27). The number of nitrogens with zero attached hydrogens (tertiary/aromatic N) is 2. The van der Waals surface area contributed by atoms with Crippen molar-refractivity contribution in [2.24, 2.45) is 0 Å². The van der Waals surface area contributed by atoms with E-state index in [9.17, 15) is 19.2 Å². The van der Waals surface area contributed by atoms with Gasteiger partial charge in [-0.15, -0.1) is 0 Å². The van der Waals surface area contributed by atoms with E-state index in [1.165, 1.54) is 18.6 Å². The van der Waals surface area contributed by atoms with Crippen molar-refractivity contribution in [1.29, 1.82) is 0 Å². The van der Waals surface area contributed by atoms with Crippen LogP contribution in [-0.4, -0.2) is 53.2 Å². The maximum Gasteiger partial charge on any atom is 0.253 e. The molecule has 4 N–H and O–H groups in total. The van der Waals surface area contributed by atoms with Gasteiger partial charge in [0.05, 0.1) is 37.1 Å². The number of rotatable bonds is 8. The first-order valence-electron chi connectivity index (χ1n) is 8.07. The highest BCUT2D eigenvalue weighted by Gasteiger charge is 2.10. The topological polar surface area (TPSA) is 142 Å². The summed E-state index contributed by atoms with van der Waals surface area (Å²) in [6.07, 6.45) is 4.36. The van der Waals surface area contributed by atoms with Crippen molar-refractivity contribution in [3.05, 3.63) is 53.0 Å². The van der Waals surface area contributed by atoms with Crippen LogP contribution in [0, 0.1) is 0 Å². The van der Waals surface area contributed by atoms with Crippen LogP contribution in [0.1, 0.15) is 10.4 Å². The second-order valence-electron chi connectivity index (χ2n) is 5.40. The molecule has 11 heteroatoms. The van der Waals surface area contributed by atoms with Gasteiger partial charge < -0.3 is 21.3 Å². The maximum absolute atomic E-state index is 11.8. The van der Waals surface area contributed by atoms with E-state index in [1.807, 2.05) is 0 Å². The Bertz CT molecular complexity index is 844. The third-order valence-electron chi connectivity index (χ3n) is 3.24. The average Bonchev–Trinajstić information content (AvgIpc) is 2.71. The van der Waals surface area contributed by atoms with Gasteiger partial charge in [-0.05, 0) is 40.2 Å². The molecule has 2 aromatic rings. The van der Waals surface area contributed by atoms with Gasteiger partial charge in [-0.2, -0.15) is 0 Å². The first-order chi connectivity index (χ1) is 13.4. The fraction of sp³-hybridized carbons (Fsp3) is 0.176. The van der Waals surface area contributed by atoms with E-state index >= 15 is 0 Å². The summed E-state index contributed by atoms with van der Waals surface area (Å²) < 4.78 is 0.631. The Kier molecular flexibility index (Phi) is 8.03. The third kappa shape index (κ3) is 7.50. The molecule has 0 atom stereocenters. The van der Waals surface area contributed by atoms with Crippen molar-refractivity contribution < 1.29 is 19.2 Å². The number of halogens is 1. The van der Waals surface area contributed by atoms with E-state index in [2.05, 4.69) is 47.2 Å². The Balaban J connectivity index is 1.62. The number of amides is 4. The van der Waals surface area contributed by atoms with Gasteiger partial charge in [0.2, 0.25) is 17.7 Å². The molecule has 0 aliphatic carbocycles. The first-order valence-corrected chi connectivity index (χ1v) is 8.86. The van der Waals surface area contributed by atoms with Crippen LogP contribution in [0.5, 0.6) is 0 Å². The highest BCUT2D eigenvalue weighted by Crippen LogP contribution is 2.09. The van der Waals surface area contributed by atoms with E-state index in [4.69, 9.17) is 0 Å². The van der Waals surface area contributed by atoms with Crippen LogP contribution in [0.3, 0.4) is 0 Å². The van der Waals surface area contributed by atoms with Crippen molar-refractivity contribution in [1.82, 2.24) is 25.9 Å². The number of nitrogens with one attached hydrogen (secondary N) is 4. The third-order valence-corrected chi connectivity index (χ3v) is 3.71. The Labute approximate surface area is 168 Å². The molecule has 0 bridgehead atoms. The summed E-state index contributed by atoms with van der Waals surface area (Å²) in [5, 5.41) is 9.68. The highest BCUT2D eigenvalue weighted by atomic mass is 79.9. The summed E-state index contributed by atoms with van der Waals surface area (Å²) in [5.41, 5.74) is 0.806. The molecule has 28 heavy (non-hydrogen) atoms. The van der Waals surface area contributed by atoms with Crippen molar-refractivity contribution in [2.45, 2.75) is 0 Å². The van der Waals surface area contributed by atoms with Gasteiger partial charge in [-0.3, -0.25) is 24.2 Å². The van der Waals surface area contributed by atoms with Crippen LogP contribution in [0.25, 0.3) is 0 Å². The summed E-state index contributed by atoms with van der Waals surface area (Å²) >= 11 is 3.18. The SMILES string of the molecule is O=C(CNC(=O)CNC(=O)c1cccnc1)NCC(=O)Nc1ccc(Br)nc1. The normalized spacial score (nSPS) is 9.89. The Morgan fingerprint density at radius 3 is 2.14 bits per heavy atom. The van der Waals surface area contributed by atoms with Crippen molar-refractivity contribution >= 4 is 45.2 Å². The highest BCUT2D eigenvalue weighted by molar-refractivity contribution is 9.10. The molecule has 0 aliphatic heterocycles. The number of carbonyl (C=O) groups is 4. The summed E-state index contributed by atoms with van der Waals surface area (Å²) in [4.78, 5) is 54.6. The lowest BCUT2D eigenvalue weighted by molar-refractivity contribution is -0.126. The fourth-order valence-corrected chi connectivity index (χ4v) is 2.13. The lowest BCUT2D eigenvalue weighted by atomic mass is 10.3. The number of hydrogen-bond donors (Lipinski definition) is 4. The molecule has 146 valence electrons. The molecule has 0 radical (unpaired) electrons. The van der Waals surface area contributed by atoms with E-state index in [0.717, 1.165) is 0 Å². The Morgan fingerprint density at radius 2 is 1.54 bits per heavy atom. The molecule has 10 nitrogen and oxygen atoms in total. The monoisotopic (exact) mass is 448 g/mol. The number of anilines is 1. The molecule has 0 aliphatic rings. The molecular weight excluding hydrogens is 432 g/mol. The van der Waals surface area contributed by atoms with E-state index in [0.29, 0.717) is 15.9 Å². The molecule has 2 rings (SSSR count). The zero-order chi connectivity index (χ0) is 20.4. The van der Waals surface area contributed by atoms with E-state index in [-0.39, 0.29) is 19.6 Å². The molecule has 0 aromatic carbocycles. The zero-order valence-electron chi connectivity index (χ0n) is 14.6. The zero-order valence-corrected chi connectivity index (χ0v) is 16.2. The molecule has 0 fully saturated rings. The lowest BCUT2D eigenvalue weighted by Gasteiger charge is -2.08. The van der Waals surface area contributed by atoms with Gasteiger partial charge in [0.15, 0.2) is 0 Å². The molecule has 2 heterocycles. The predicted molar refractivity (Wildman–Crippen MR) is 103 cm³/mol. The second-order valence-corrected chi connectivity index (χ2v) is 6.21. The quantitative estimate of drug-likeness (QED) is 0.413. The van der Waals surface area contributed by atoms with E-state index < -0.39 is 23.6 Å². The van der Waals surface area contributed by atoms with Gasteiger partial charge in [0.1, 0.15) is 4.60 Å². The number of hydrogen-bond acceptors (Lipinski definition) is 6. The van der Waals surface area contributed by atoms with Gasteiger partial charge >= 0.3 is 0 Å². The molecule has 4 amide bonds. The minimum atomic E-state index is -0.545. The first kappa shape index (κ1) is 21.0. The summed E-state index contributed by atoms with van der Waals surface area (Å²) in [6.45, 7) is -0.880. The number of carbonyl (C=O) groups excluding carboxylic acids is 4. The van der Waals surface area contributed by atoms with Crippen LogP contribution in [-0.2, 0) is 14.4 Å². The van der Waals surface area contributed by atoms with Gasteiger partial charge in [0.25, 0.3) is 5.91 Å². The molecular formula is C17H17BrN6O4.